The molecule has 0 saturated carbocycles. The number of hydrogen-bond donors (Lipinski definition) is 0. The monoisotopic (exact) mass is 1020 g/mol. The summed E-state index contributed by atoms with van der Waals surface area (Å²) < 4.78 is 25.2. The molecule has 4 heterocycles. The average molecular weight is 1030 g/mol. The van der Waals surface area contributed by atoms with Crippen molar-refractivity contribution in [1.29, 1.82) is 0 Å². The van der Waals surface area contributed by atoms with Gasteiger partial charge >= 0.3 is 24.1 Å². The lowest BCUT2D eigenvalue weighted by Gasteiger charge is -2.34. The Hall–Kier alpha value is -5.02. The van der Waals surface area contributed by atoms with E-state index in [0.29, 0.717) is 51.6 Å². The molecule has 4 aliphatic heterocycles. The number of amides is 2. The third-order valence-electron chi connectivity index (χ3n) is 13.2. The van der Waals surface area contributed by atoms with Crippen LogP contribution in [0.5, 0.6) is 0 Å². The predicted octanol–water partition coefficient (Wildman–Crippen LogP) is 9.47. The van der Waals surface area contributed by atoms with E-state index in [0.717, 1.165) is 83.3 Å². The summed E-state index contributed by atoms with van der Waals surface area (Å²) in [5, 5.41) is 0. The van der Waals surface area contributed by atoms with Gasteiger partial charge in [-0.1, -0.05) is 129 Å². The van der Waals surface area contributed by atoms with Gasteiger partial charge in [0.1, 0.15) is 24.4 Å². The SMILES string of the molecule is O=C(/C=C/C(=O)OC1CCN(CCC(c2ccccc2)N2CC(Cc3ccccc3Br)OC2=O)CC1)OC1CCN(CCC(c2ccccc2)N2CC(Cc3ccccc3Br)OC2=O)CC1. The van der Waals surface area contributed by atoms with Crippen LogP contribution in [-0.4, -0.2) is 120 Å². The highest BCUT2D eigenvalue weighted by atomic mass is 79.9. The highest BCUT2D eigenvalue weighted by Gasteiger charge is 2.39. The van der Waals surface area contributed by atoms with Gasteiger partial charge in [0.25, 0.3) is 0 Å². The molecule has 4 unspecified atom stereocenters. The molecule has 4 fully saturated rings. The lowest BCUT2D eigenvalue weighted by atomic mass is 10.00. The topological polar surface area (TPSA) is 118 Å². The number of hydrogen-bond acceptors (Lipinski definition) is 10. The van der Waals surface area contributed by atoms with Crippen molar-refractivity contribution >= 4 is 56.0 Å². The zero-order valence-corrected chi connectivity index (χ0v) is 40.3. The summed E-state index contributed by atoms with van der Waals surface area (Å²) in [7, 11) is 0. The highest BCUT2D eigenvalue weighted by Crippen LogP contribution is 2.34. The van der Waals surface area contributed by atoms with Crippen LogP contribution in [-0.2, 0) is 41.4 Å². The van der Waals surface area contributed by atoms with Crippen molar-refractivity contribution in [2.24, 2.45) is 0 Å². The van der Waals surface area contributed by atoms with Crippen LogP contribution < -0.4 is 0 Å². The number of rotatable bonds is 18. The van der Waals surface area contributed by atoms with E-state index in [1.54, 1.807) is 0 Å². The first kappa shape index (κ1) is 47.5. The van der Waals surface area contributed by atoms with Gasteiger partial charge in [0.15, 0.2) is 0 Å². The van der Waals surface area contributed by atoms with Gasteiger partial charge in [-0.3, -0.25) is 9.80 Å². The number of carbonyl (C=O) groups excluding carboxylic acids is 4. The number of nitrogens with zero attached hydrogens (tertiary/aromatic N) is 4. The lowest BCUT2D eigenvalue weighted by Crippen LogP contribution is -2.40. The molecule has 8 rings (SSSR count). The second kappa shape index (κ2) is 23.1. The van der Waals surface area contributed by atoms with Crippen LogP contribution in [0.2, 0.25) is 0 Å². The molecule has 0 bridgehead atoms. The summed E-state index contributed by atoms with van der Waals surface area (Å²) in [5.41, 5.74) is 4.37. The van der Waals surface area contributed by atoms with Crippen LogP contribution in [0.1, 0.15) is 72.9 Å². The van der Waals surface area contributed by atoms with Gasteiger partial charge in [-0.15, -0.1) is 0 Å². The zero-order chi connectivity index (χ0) is 45.8. The van der Waals surface area contributed by atoms with Gasteiger partial charge in [0, 0.05) is 73.2 Å². The van der Waals surface area contributed by atoms with Crippen LogP contribution >= 0.6 is 31.9 Å². The van der Waals surface area contributed by atoms with Crippen molar-refractivity contribution in [2.45, 2.75) is 87.9 Å². The van der Waals surface area contributed by atoms with Gasteiger partial charge in [0.05, 0.1) is 25.2 Å². The van der Waals surface area contributed by atoms with E-state index < -0.39 is 11.9 Å². The van der Waals surface area contributed by atoms with Crippen molar-refractivity contribution < 1.29 is 38.1 Å². The first-order valence-corrected chi connectivity index (χ1v) is 24.8. The number of carbonyl (C=O) groups is 4. The smallest absolute Gasteiger partial charge is 0.410 e. The molecule has 4 atom stereocenters. The molecule has 2 amide bonds. The second-order valence-corrected chi connectivity index (χ2v) is 19.3. The second-order valence-electron chi connectivity index (χ2n) is 17.6. The Morgan fingerprint density at radius 2 is 0.924 bits per heavy atom. The maximum atomic E-state index is 13.2. The van der Waals surface area contributed by atoms with Crippen LogP contribution in [0.4, 0.5) is 9.59 Å². The summed E-state index contributed by atoms with van der Waals surface area (Å²) in [5.74, 6) is -1.11. The minimum absolute atomic E-state index is 0.125. The minimum atomic E-state index is -0.553. The largest absolute Gasteiger partial charge is 0.459 e. The normalized spacial score (nSPS) is 20.9. The Morgan fingerprint density at radius 1 is 0.561 bits per heavy atom. The van der Waals surface area contributed by atoms with Gasteiger partial charge in [0.2, 0.25) is 0 Å². The summed E-state index contributed by atoms with van der Waals surface area (Å²) in [6, 6.07) is 36.0. The molecule has 14 heteroatoms. The number of likely N-dealkylation sites (tertiary alicyclic amines) is 2. The summed E-state index contributed by atoms with van der Waals surface area (Å²) >= 11 is 7.25. The van der Waals surface area contributed by atoms with Crippen molar-refractivity contribution in [1.82, 2.24) is 19.6 Å². The molecule has 0 aliphatic carbocycles. The van der Waals surface area contributed by atoms with Crippen molar-refractivity contribution in [3.63, 3.8) is 0 Å². The summed E-state index contributed by atoms with van der Waals surface area (Å²) in [6.45, 7) is 5.61. The van der Waals surface area contributed by atoms with Crippen LogP contribution in [0.15, 0.2) is 130 Å². The standard InChI is InChI=1S/C52H58Br2N4O8/c53-45-17-9-7-15-39(45)33-43-35-57(51(61)65-43)47(37-11-3-1-4-12-37)25-31-55-27-21-41(22-28-55)63-49(59)19-20-50(60)64-42-23-29-56(30-24-42)32-26-48(38-13-5-2-6-14-38)58-36-44(66-52(58)62)34-40-16-8-10-18-46(40)54/h1-20,41-44,47-48H,21-36H2/b20-19+. The number of esters is 2. The number of piperidine rings is 2. The Kier molecular flexibility index (Phi) is 16.6. The summed E-state index contributed by atoms with van der Waals surface area (Å²) in [6.07, 6.45) is 6.31. The predicted molar refractivity (Wildman–Crippen MR) is 257 cm³/mol. The molecular weight excluding hydrogens is 968 g/mol. The molecule has 4 aliphatic rings. The Bertz CT molecular complexity index is 2130. The molecule has 0 radical (unpaired) electrons. The fourth-order valence-electron chi connectivity index (χ4n) is 9.63. The Morgan fingerprint density at radius 3 is 1.30 bits per heavy atom. The molecule has 12 nitrogen and oxygen atoms in total. The number of benzene rings is 4. The number of ether oxygens (including phenoxy) is 4. The molecule has 66 heavy (non-hydrogen) atoms. The maximum Gasteiger partial charge on any atom is 0.410 e. The third-order valence-corrected chi connectivity index (χ3v) is 14.7. The van der Waals surface area contributed by atoms with E-state index in [9.17, 15) is 19.2 Å². The number of halogens is 2. The van der Waals surface area contributed by atoms with E-state index in [1.807, 2.05) is 82.6 Å². The van der Waals surface area contributed by atoms with Crippen molar-refractivity contribution in [3.8, 4) is 0 Å². The van der Waals surface area contributed by atoms with Gasteiger partial charge < -0.3 is 28.7 Å². The van der Waals surface area contributed by atoms with E-state index in [1.165, 1.54) is 12.2 Å². The molecule has 0 N–H and O–H groups in total. The van der Waals surface area contributed by atoms with Gasteiger partial charge in [-0.05, 0) is 72.9 Å². The van der Waals surface area contributed by atoms with Crippen molar-refractivity contribution in [3.05, 3.63) is 153 Å². The molecule has 0 aromatic heterocycles. The molecule has 4 aromatic rings. The van der Waals surface area contributed by atoms with Crippen LogP contribution in [0, 0.1) is 0 Å². The molecule has 0 spiro atoms. The lowest BCUT2D eigenvalue weighted by molar-refractivity contribution is -0.148. The van der Waals surface area contributed by atoms with Crippen LogP contribution in [0.3, 0.4) is 0 Å². The molecule has 348 valence electrons. The van der Waals surface area contributed by atoms with Gasteiger partial charge in [-0.2, -0.15) is 0 Å². The average Bonchev–Trinajstić information content (AvgIpc) is 3.88. The van der Waals surface area contributed by atoms with Crippen LogP contribution in [0.25, 0.3) is 0 Å². The fourth-order valence-corrected chi connectivity index (χ4v) is 10.5. The van der Waals surface area contributed by atoms with Gasteiger partial charge in [-0.25, -0.2) is 19.2 Å². The molecular formula is C52H58Br2N4O8. The van der Waals surface area contributed by atoms with Crippen molar-refractivity contribution in [2.75, 3.05) is 52.4 Å². The van der Waals surface area contributed by atoms with E-state index in [-0.39, 0.29) is 48.7 Å². The minimum Gasteiger partial charge on any atom is -0.459 e. The molecule has 4 aromatic carbocycles. The first-order chi connectivity index (χ1) is 32.1. The first-order valence-electron chi connectivity index (χ1n) is 23.2. The third kappa shape index (κ3) is 12.9. The van der Waals surface area contributed by atoms with E-state index in [2.05, 4.69) is 78.1 Å². The Balaban J connectivity index is 0.739. The summed E-state index contributed by atoms with van der Waals surface area (Å²) in [4.78, 5) is 60.5. The zero-order valence-electron chi connectivity index (χ0n) is 37.1. The molecule has 4 saturated heterocycles. The van der Waals surface area contributed by atoms with E-state index >= 15 is 0 Å². The fraction of sp³-hybridized carbons (Fsp3) is 0.423. The number of cyclic esters (lactones) is 2. The Labute approximate surface area is 404 Å². The maximum absolute atomic E-state index is 13.2. The quantitative estimate of drug-likeness (QED) is 0.0542. The highest BCUT2D eigenvalue weighted by molar-refractivity contribution is 9.10. The van der Waals surface area contributed by atoms with E-state index in [4.69, 9.17) is 18.9 Å².